The molecule has 4 N–H and O–H groups in total. The van der Waals surface area contributed by atoms with Gasteiger partial charge in [0, 0.05) is 17.3 Å². The Bertz CT molecular complexity index is 1140. The van der Waals surface area contributed by atoms with Gasteiger partial charge in [-0.05, 0) is 48.4 Å². The molecule has 2 aromatic carbocycles. The van der Waals surface area contributed by atoms with Crippen LogP contribution < -0.4 is 16.0 Å². The normalized spacial score (nSPS) is 20.2. The van der Waals surface area contributed by atoms with Crippen LogP contribution in [0, 0.1) is 11.3 Å². The lowest BCUT2D eigenvalue weighted by Gasteiger charge is -2.23. The highest BCUT2D eigenvalue weighted by molar-refractivity contribution is 5.96. The zero-order valence-electron chi connectivity index (χ0n) is 17.7. The van der Waals surface area contributed by atoms with Gasteiger partial charge in [0.25, 0.3) is 0 Å². The van der Waals surface area contributed by atoms with Crippen molar-refractivity contribution in [3.05, 3.63) is 59.2 Å². The fourth-order valence-electron chi connectivity index (χ4n) is 3.82. The second-order valence-corrected chi connectivity index (χ2v) is 7.77. The molecule has 186 valence electrons. The number of anilines is 2. The smallest absolute Gasteiger partial charge is 0.387 e. The van der Waals surface area contributed by atoms with E-state index in [9.17, 15) is 35.9 Å². The Morgan fingerprint density at radius 2 is 1.63 bits per heavy atom. The molecule has 0 spiro atoms. The zero-order chi connectivity index (χ0) is 26.0. The van der Waals surface area contributed by atoms with Gasteiger partial charge in [-0.15, -0.1) is 0 Å². The predicted molar refractivity (Wildman–Crippen MR) is 111 cm³/mol. The summed E-state index contributed by atoms with van der Waals surface area (Å²) in [5.74, 6) is -3.01. The molecule has 0 aromatic heterocycles. The van der Waals surface area contributed by atoms with E-state index in [-0.39, 0.29) is 11.3 Å². The lowest BCUT2D eigenvalue weighted by atomic mass is 9.88. The molecule has 1 saturated heterocycles. The molecule has 13 heteroatoms. The van der Waals surface area contributed by atoms with Crippen LogP contribution in [-0.2, 0) is 15.8 Å². The van der Waals surface area contributed by atoms with Crippen LogP contribution in [0.25, 0.3) is 0 Å². The van der Waals surface area contributed by atoms with Crippen molar-refractivity contribution in [1.82, 2.24) is 5.32 Å². The summed E-state index contributed by atoms with van der Waals surface area (Å²) in [6.45, 7) is -0.739. The summed E-state index contributed by atoms with van der Waals surface area (Å²) in [7, 11) is 0. The summed E-state index contributed by atoms with van der Waals surface area (Å²) in [5.41, 5.74) is -1.86. The van der Waals surface area contributed by atoms with E-state index in [4.69, 9.17) is 10.4 Å². The summed E-state index contributed by atoms with van der Waals surface area (Å²) >= 11 is 0. The molecule has 7 nitrogen and oxygen atoms in total. The highest BCUT2D eigenvalue weighted by Crippen LogP contribution is 2.42. The molecule has 3 unspecified atom stereocenters. The summed E-state index contributed by atoms with van der Waals surface area (Å²) in [6.07, 6.45) is -10.2. The number of hydrogen-bond acceptors (Lipinski definition) is 5. The van der Waals surface area contributed by atoms with E-state index >= 15 is 0 Å². The van der Waals surface area contributed by atoms with Crippen LogP contribution in [0.4, 0.5) is 37.7 Å². The molecule has 2 amide bonds. The van der Waals surface area contributed by atoms with Gasteiger partial charge in [-0.1, -0.05) is 6.07 Å². The highest BCUT2D eigenvalue weighted by atomic mass is 19.4. The van der Waals surface area contributed by atoms with E-state index < -0.39 is 66.3 Å². The van der Waals surface area contributed by atoms with Crippen LogP contribution in [0.5, 0.6) is 0 Å². The van der Waals surface area contributed by atoms with Crippen molar-refractivity contribution in [2.24, 2.45) is 0 Å². The number of rotatable bonds is 5. The van der Waals surface area contributed by atoms with Gasteiger partial charge in [0.15, 0.2) is 0 Å². The average molecular weight is 500 g/mol. The first-order chi connectivity index (χ1) is 16.3. The van der Waals surface area contributed by atoms with Gasteiger partial charge in [0.1, 0.15) is 12.6 Å². The molecule has 0 bridgehead atoms. The van der Waals surface area contributed by atoms with Gasteiger partial charge >= 0.3 is 12.4 Å². The minimum absolute atomic E-state index is 0.198. The average Bonchev–Trinajstić information content (AvgIpc) is 3.25. The van der Waals surface area contributed by atoms with Crippen LogP contribution in [0.3, 0.4) is 0 Å². The molecule has 0 saturated carbocycles. The van der Waals surface area contributed by atoms with E-state index in [0.29, 0.717) is 11.8 Å². The van der Waals surface area contributed by atoms with Crippen molar-refractivity contribution >= 4 is 23.2 Å². The molecule has 1 aliphatic rings. The maximum Gasteiger partial charge on any atom is 0.417 e. The lowest BCUT2D eigenvalue weighted by molar-refractivity contribution is -0.156. The number of benzene rings is 2. The third kappa shape index (κ3) is 6.09. The first-order valence-corrected chi connectivity index (χ1v) is 10.1. The number of nitrogens with zero attached hydrogens (tertiary/aromatic N) is 1. The molecular formula is C22H18F6N4O3. The molecule has 1 aliphatic heterocycles. The van der Waals surface area contributed by atoms with Gasteiger partial charge in [-0.3, -0.25) is 14.9 Å². The van der Waals surface area contributed by atoms with E-state index in [1.54, 1.807) is 0 Å². The zero-order valence-corrected chi connectivity index (χ0v) is 17.7. The Morgan fingerprint density at radius 1 is 1.03 bits per heavy atom. The predicted octanol–water partition coefficient (Wildman–Crippen LogP) is 3.52. The SMILES string of the molecule is N#Cc1ccc(C2CC(C(=O)Nc3ccc(NC(=O)CO)cc3)NC2C(F)(F)F)cc1C(F)(F)F. The number of nitrogens with one attached hydrogen (secondary N) is 3. The summed E-state index contributed by atoms with van der Waals surface area (Å²) in [4.78, 5) is 23.8. The molecule has 3 rings (SSSR count). The van der Waals surface area contributed by atoms with Gasteiger partial charge in [0.05, 0.1) is 23.2 Å². The number of aliphatic hydroxyl groups excluding tert-OH is 1. The van der Waals surface area contributed by atoms with Crippen molar-refractivity contribution in [1.29, 1.82) is 5.26 Å². The maximum atomic E-state index is 13.7. The minimum Gasteiger partial charge on any atom is -0.387 e. The number of hydrogen-bond donors (Lipinski definition) is 4. The van der Waals surface area contributed by atoms with Crippen LogP contribution in [-0.4, -0.2) is 41.8 Å². The van der Waals surface area contributed by atoms with Gasteiger partial charge < -0.3 is 15.7 Å². The monoisotopic (exact) mass is 500 g/mol. The minimum atomic E-state index is -4.94. The van der Waals surface area contributed by atoms with Crippen LogP contribution >= 0.6 is 0 Å². The maximum absolute atomic E-state index is 13.7. The van der Waals surface area contributed by atoms with E-state index in [2.05, 4.69) is 16.0 Å². The standard InChI is InChI=1S/C22H18F6N4O3/c23-21(24,25)16-7-11(1-2-12(16)9-29)15-8-17(32-19(15)22(26,27)28)20(35)31-14-5-3-13(4-6-14)30-18(34)10-33/h1-7,15,17,19,32-33H,8,10H2,(H,30,34)(H,31,35). The summed E-state index contributed by atoms with van der Waals surface area (Å²) in [6, 6.07) is 5.60. The molecule has 1 heterocycles. The number of amides is 2. The number of alkyl halides is 6. The summed E-state index contributed by atoms with van der Waals surface area (Å²) in [5, 5.41) is 24.6. The van der Waals surface area contributed by atoms with Crippen molar-refractivity contribution < 1.29 is 41.0 Å². The summed E-state index contributed by atoms with van der Waals surface area (Å²) < 4.78 is 81.0. The highest BCUT2D eigenvalue weighted by Gasteiger charge is 2.52. The second kappa shape index (κ2) is 9.93. The molecule has 35 heavy (non-hydrogen) atoms. The topological polar surface area (TPSA) is 114 Å². The second-order valence-electron chi connectivity index (χ2n) is 7.77. The van der Waals surface area contributed by atoms with Crippen molar-refractivity contribution in [2.75, 3.05) is 17.2 Å². The fraction of sp³-hybridized carbons (Fsp3) is 0.318. The molecule has 1 fully saturated rings. The van der Waals surface area contributed by atoms with Crippen LogP contribution in [0.2, 0.25) is 0 Å². The first-order valence-electron chi connectivity index (χ1n) is 10.1. The van der Waals surface area contributed by atoms with Crippen molar-refractivity contribution in [2.45, 2.75) is 36.8 Å². The molecule has 3 atom stereocenters. The number of aliphatic hydroxyl groups is 1. The molecule has 2 aromatic rings. The third-order valence-corrected chi connectivity index (χ3v) is 5.42. The van der Waals surface area contributed by atoms with E-state index in [1.807, 2.05) is 0 Å². The quantitative estimate of drug-likeness (QED) is 0.469. The Morgan fingerprint density at radius 3 is 2.14 bits per heavy atom. The van der Waals surface area contributed by atoms with Gasteiger partial charge in [-0.2, -0.15) is 31.6 Å². The van der Waals surface area contributed by atoms with Crippen LogP contribution in [0.1, 0.15) is 29.0 Å². The van der Waals surface area contributed by atoms with Gasteiger partial charge in [0.2, 0.25) is 11.8 Å². The van der Waals surface area contributed by atoms with Gasteiger partial charge in [-0.25, -0.2) is 0 Å². The Labute approximate surface area is 194 Å². The van der Waals surface area contributed by atoms with Crippen molar-refractivity contribution in [3.8, 4) is 6.07 Å². The molecule has 0 radical (unpaired) electrons. The largest absolute Gasteiger partial charge is 0.417 e. The molecular weight excluding hydrogens is 482 g/mol. The lowest BCUT2D eigenvalue weighted by Crippen LogP contribution is -2.46. The number of carbonyl (C=O) groups excluding carboxylic acids is 2. The third-order valence-electron chi connectivity index (χ3n) is 5.42. The number of carbonyl (C=O) groups is 2. The Kier molecular flexibility index (Phi) is 7.37. The Hall–Kier alpha value is -3.63. The fourth-order valence-corrected chi connectivity index (χ4v) is 3.82. The van der Waals surface area contributed by atoms with E-state index in [0.717, 1.165) is 12.1 Å². The first kappa shape index (κ1) is 26.0. The molecule has 0 aliphatic carbocycles. The Balaban J connectivity index is 1.81. The number of nitriles is 1. The van der Waals surface area contributed by atoms with E-state index in [1.165, 1.54) is 30.3 Å². The van der Waals surface area contributed by atoms with Crippen molar-refractivity contribution in [3.63, 3.8) is 0 Å². The number of halogens is 6. The van der Waals surface area contributed by atoms with Crippen LogP contribution in [0.15, 0.2) is 42.5 Å².